The van der Waals surface area contributed by atoms with E-state index in [4.69, 9.17) is 5.26 Å². The Bertz CT molecular complexity index is 710. The summed E-state index contributed by atoms with van der Waals surface area (Å²) in [4.78, 5) is 2.72. The number of nitrogens with zero attached hydrogens (tertiary/aromatic N) is 4. The number of hydrogen-bond donors (Lipinski definition) is 0. The van der Waals surface area contributed by atoms with Crippen LogP contribution in [0.25, 0.3) is 10.7 Å². The normalized spacial score (nSPS) is 18.7. The van der Waals surface area contributed by atoms with Crippen molar-refractivity contribution in [3.63, 3.8) is 0 Å². The van der Waals surface area contributed by atoms with Crippen LogP contribution in [-0.4, -0.2) is 20.0 Å². The van der Waals surface area contributed by atoms with E-state index in [2.05, 4.69) is 29.3 Å². The van der Waals surface area contributed by atoms with Crippen molar-refractivity contribution in [2.75, 3.05) is 0 Å². The number of thiophene rings is 1. The van der Waals surface area contributed by atoms with Crippen LogP contribution in [0, 0.1) is 17.2 Å². The molecule has 0 spiro atoms. The molecule has 2 aromatic heterocycles. The van der Waals surface area contributed by atoms with Gasteiger partial charge in [0.2, 0.25) is 0 Å². The summed E-state index contributed by atoms with van der Waals surface area (Å²) < 4.78 is 2.01. The van der Waals surface area contributed by atoms with Gasteiger partial charge in [0.25, 0.3) is 0 Å². The first-order valence-electron chi connectivity index (χ1n) is 7.70. The van der Waals surface area contributed by atoms with Crippen LogP contribution in [0.2, 0.25) is 0 Å². The Kier molecular flexibility index (Phi) is 4.55. The lowest BCUT2D eigenvalue weighted by atomic mass is 9.87. The van der Waals surface area contributed by atoms with E-state index in [-0.39, 0.29) is 5.25 Å². The van der Waals surface area contributed by atoms with Crippen molar-refractivity contribution < 1.29 is 0 Å². The second kappa shape index (κ2) is 6.43. The minimum atomic E-state index is -0.113. The van der Waals surface area contributed by atoms with Gasteiger partial charge in [-0.15, -0.1) is 21.5 Å². The first kappa shape index (κ1) is 15.6. The maximum atomic E-state index is 8.94. The van der Waals surface area contributed by atoms with E-state index in [1.807, 2.05) is 29.9 Å². The fraction of sp³-hybridized carbons (Fsp3) is 0.562. The quantitative estimate of drug-likeness (QED) is 0.792. The molecule has 2 atom stereocenters. The lowest BCUT2D eigenvalue weighted by molar-refractivity contribution is 0.449. The molecule has 22 heavy (non-hydrogen) atoms. The van der Waals surface area contributed by atoms with Crippen molar-refractivity contribution >= 4 is 23.1 Å². The van der Waals surface area contributed by atoms with Gasteiger partial charge in [0.05, 0.1) is 16.2 Å². The molecule has 0 radical (unpaired) electrons. The number of aryl methyl sites for hydroxylation is 1. The second-order valence-electron chi connectivity index (χ2n) is 5.83. The number of thioether (sulfide) groups is 1. The number of aromatic nitrogens is 3. The maximum absolute atomic E-state index is 8.94. The Labute approximate surface area is 139 Å². The lowest BCUT2D eigenvalue weighted by Gasteiger charge is -2.19. The van der Waals surface area contributed by atoms with Crippen molar-refractivity contribution in [3.05, 3.63) is 16.5 Å². The van der Waals surface area contributed by atoms with Crippen LogP contribution in [-0.2, 0) is 19.9 Å². The van der Waals surface area contributed by atoms with Crippen LogP contribution in [0.5, 0.6) is 0 Å². The van der Waals surface area contributed by atoms with Gasteiger partial charge in [-0.25, -0.2) is 0 Å². The van der Waals surface area contributed by atoms with E-state index in [1.165, 1.54) is 52.8 Å². The molecular formula is C16H20N4S2. The molecule has 0 aromatic carbocycles. The molecule has 0 saturated carbocycles. The number of hydrogen-bond acceptors (Lipinski definition) is 5. The van der Waals surface area contributed by atoms with E-state index >= 15 is 0 Å². The fourth-order valence-corrected chi connectivity index (χ4v) is 4.80. The Morgan fingerprint density at radius 3 is 3.09 bits per heavy atom. The Balaban J connectivity index is 1.87. The van der Waals surface area contributed by atoms with Crippen LogP contribution in [0.3, 0.4) is 0 Å². The molecule has 116 valence electrons. The predicted octanol–water partition coefficient (Wildman–Crippen LogP) is 4.06. The third-order valence-corrected chi connectivity index (χ3v) is 6.54. The van der Waals surface area contributed by atoms with Crippen molar-refractivity contribution in [1.29, 1.82) is 5.26 Å². The van der Waals surface area contributed by atoms with E-state index in [0.29, 0.717) is 0 Å². The standard InChI is InChI=1S/C16H20N4S2/c1-4-11-5-6-13-12(7-11)8-14(22-13)15-18-19-16(20(15)3)21-10(2)9-17/h8,10-11H,4-7H2,1-3H3/t10-,11-/m0/s1. The SMILES string of the molecule is CC[C@H]1CCc2sc(-c3nnc(S[C@@H](C)C#N)n3C)cc2C1. The molecule has 0 saturated heterocycles. The van der Waals surface area contributed by atoms with E-state index in [0.717, 1.165) is 16.9 Å². The summed E-state index contributed by atoms with van der Waals surface area (Å²) in [5, 5.41) is 18.2. The van der Waals surface area contributed by atoms with Gasteiger partial charge < -0.3 is 4.57 Å². The van der Waals surface area contributed by atoms with Crippen LogP contribution in [0.1, 0.15) is 37.1 Å². The number of rotatable bonds is 4. The fourth-order valence-electron chi connectivity index (χ4n) is 2.87. The summed E-state index contributed by atoms with van der Waals surface area (Å²) >= 11 is 3.31. The van der Waals surface area contributed by atoms with Crippen molar-refractivity contribution in [1.82, 2.24) is 14.8 Å². The Morgan fingerprint density at radius 1 is 1.55 bits per heavy atom. The monoisotopic (exact) mass is 332 g/mol. The van der Waals surface area contributed by atoms with Crippen LogP contribution < -0.4 is 0 Å². The number of fused-ring (bicyclic) bond motifs is 1. The van der Waals surface area contributed by atoms with Gasteiger partial charge in [0.1, 0.15) is 0 Å². The van der Waals surface area contributed by atoms with Crippen molar-refractivity contribution in [2.24, 2.45) is 13.0 Å². The van der Waals surface area contributed by atoms with Crippen LogP contribution in [0.4, 0.5) is 0 Å². The van der Waals surface area contributed by atoms with Crippen molar-refractivity contribution in [2.45, 2.75) is 49.9 Å². The highest BCUT2D eigenvalue weighted by Crippen LogP contribution is 2.38. The molecule has 0 N–H and O–H groups in total. The molecule has 6 heteroatoms. The highest BCUT2D eigenvalue weighted by atomic mass is 32.2. The topological polar surface area (TPSA) is 54.5 Å². The third-order valence-electron chi connectivity index (χ3n) is 4.28. The average Bonchev–Trinajstić information content (AvgIpc) is 3.10. The summed E-state index contributed by atoms with van der Waals surface area (Å²) in [7, 11) is 1.98. The van der Waals surface area contributed by atoms with Gasteiger partial charge in [-0.2, -0.15) is 5.26 Å². The first-order valence-corrected chi connectivity index (χ1v) is 9.39. The minimum Gasteiger partial charge on any atom is -0.304 e. The lowest BCUT2D eigenvalue weighted by Crippen LogP contribution is -2.10. The zero-order valence-corrected chi connectivity index (χ0v) is 14.8. The third kappa shape index (κ3) is 2.92. The number of nitriles is 1. The molecule has 0 bridgehead atoms. The van der Waals surface area contributed by atoms with Crippen molar-refractivity contribution in [3.8, 4) is 16.8 Å². The molecule has 2 heterocycles. The summed E-state index contributed by atoms with van der Waals surface area (Å²) in [6.45, 7) is 4.17. The van der Waals surface area contributed by atoms with Gasteiger partial charge in [0, 0.05) is 11.9 Å². The molecule has 1 aliphatic rings. The molecule has 4 nitrogen and oxygen atoms in total. The molecule has 2 aromatic rings. The van der Waals surface area contributed by atoms with Gasteiger partial charge in [-0.1, -0.05) is 25.1 Å². The zero-order chi connectivity index (χ0) is 15.7. The maximum Gasteiger partial charge on any atom is 0.192 e. The minimum absolute atomic E-state index is 0.113. The summed E-state index contributed by atoms with van der Waals surface area (Å²) in [6, 6.07) is 4.52. The molecule has 0 amide bonds. The van der Waals surface area contributed by atoms with Crippen LogP contribution in [0.15, 0.2) is 11.2 Å². The van der Waals surface area contributed by atoms with Gasteiger partial charge in [0.15, 0.2) is 11.0 Å². The predicted molar refractivity (Wildman–Crippen MR) is 91.1 cm³/mol. The summed E-state index contributed by atoms with van der Waals surface area (Å²) in [5.74, 6) is 1.75. The highest BCUT2D eigenvalue weighted by Gasteiger charge is 2.22. The summed E-state index contributed by atoms with van der Waals surface area (Å²) in [6.07, 6.45) is 4.97. The molecule has 3 rings (SSSR count). The molecule has 0 fully saturated rings. The smallest absolute Gasteiger partial charge is 0.192 e. The average molecular weight is 332 g/mol. The molecule has 0 unspecified atom stereocenters. The molecule has 1 aliphatic carbocycles. The zero-order valence-electron chi connectivity index (χ0n) is 13.2. The largest absolute Gasteiger partial charge is 0.304 e. The Hall–Kier alpha value is -1.32. The molecular weight excluding hydrogens is 312 g/mol. The first-order chi connectivity index (χ1) is 10.6. The Morgan fingerprint density at radius 2 is 2.36 bits per heavy atom. The van der Waals surface area contributed by atoms with E-state index in [9.17, 15) is 0 Å². The molecule has 0 aliphatic heterocycles. The van der Waals surface area contributed by atoms with Gasteiger partial charge in [-0.05, 0) is 43.7 Å². The summed E-state index contributed by atoms with van der Waals surface area (Å²) in [5.41, 5.74) is 1.50. The van der Waals surface area contributed by atoms with E-state index < -0.39 is 0 Å². The van der Waals surface area contributed by atoms with E-state index in [1.54, 1.807) is 0 Å². The van der Waals surface area contributed by atoms with Crippen LogP contribution >= 0.6 is 23.1 Å². The highest BCUT2D eigenvalue weighted by molar-refractivity contribution is 8.00. The van der Waals surface area contributed by atoms with Gasteiger partial charge >= 0.3 is 0 Å². The second-order valence-corrected chi connectivity index (χ2v) is 8.28. The van der Waals surface area contributed by atoms with Gasteiger partial charge in [-0.3, -0.25) is 0 Å².